The lowest BCUT2D eigenvalue weighted by atomic mass is 9.91. The van der Waals surface area contributed by atoms with Gasteiger partial charge in [0, 0.05) is 31.4 Å². The Balaban J connectivity index is 1.98. The molecule has 2 aliphatic heterocycles. The van der Waals surface area contributed by atoms with Crippen LogP contribution in [-0.4, -0.2) is 35.8 Å². The average Bonchev–Trinajstić information content (AvgIpc) is 2.53. The molecule has 0 bridgehead atoms. The third-order valence-corrected chi connectivity index (χ3v) is 4.44. The predicted octanol–water partition coefficient (Wildman–Crippen LogP) is 2.60. The van der Waals surface area contributed by atoms with Gasteiger partial charge < -0.3 is 10.6 Å². The average molecular weight is 323 g/mol. The molecule has 2 N–H and O–H groups in total. The van der Waals surface area contributed by atoms with E-state index in [0.29, 0.717) is 17.8 Å². The van der Waals surface area contributed by atoms with Crippen LogP contribution < -0.4 is 10.6 Å². The first-order chi connectivity index (χ1) is 11.5. The first kappa shape index (κ1) is 16.5. The fourth-order valence-electron chi connectivity index (χ4n) is 3.52. The maximum absolute atomic E-state index is 5.91. The topological polar surface area (TPSA) is 67.4 Å². The lowest BCUT2D eigenvalue weighted by molar-refractivity contribution is 0.355. The zero-order valence-corrected chi connectivity index (χ0v) is 14.7. The number of nitrogen functional groups attached to an aromatic ring is 1. The molecule has 5 nitrogen and oxygen atoms in total. The second-order valence-electron chi connectivity index (χ2n) is 6.95. The summed E-state index contributed by atoms with van der Waals surface area (Å²) >= 11 is 0. The number of piperidine rings is 1. The van der Waals surface area contributed by atoms with Crippen molar-refractivity contribution in [1.82, 2.24) is 9.97 Å². The number of anilines is 2. The highest BCUT2D eigenvalue weighted by atomic mass is 15.2. The Hall–Kier alpha value is -2.35. The molecule has 3 rings (SSSR count). The van der Waals surface area contributed by atoms with Gasteiger partial charge in [-0.15, -0.1) is 0 Å². The van der Waals surface area contributed by atoms with Crippen molar-refractivity contribution in [2.75, 3.05) is 30.3 Å². The Morgan fingerprint density at radius 1 is 1.17 bits per heavy atom. The second-order valence-corrected chi connectivity index (χ2v) is 6.95. The van der Waals surface area contributed by atoms with Crippen molar-refractivity contribution >= 4 is 18.0 Å². The van der Waals surface area contributed by atoms with Crippen LogP contribution in [0.15, 0.2) is 16.6 Å². The fraction of sp³-hybridized carbons (Fsp3) is 0.526. The van der Waals surface area contributed by atoms with E-state index in [9.17, 15) is 0 Å². The predicted molar refractivity (Wildman–Crippen MR) is 99.3 cm³/mol. The summed E-state index contributed by atoms with van der Waals surface area (Å²) in [4.78, 5) is 15.4. The molecule has 2 aliphatic rings. The molecule has 1 fully saturated rings. The maximum Gasteiger partial charge on any atom is 0.222 e. The van der Waals surface area contributed by atoms with Crippen LogP contribution >= 0.6 is 0 Å². The number of allylic oxidation sites excluding steroid dienone is 1. The van der Waals surface area contributed by atoms with Crippen molar-refractivity contribution in [2.45, 2.75) is 33.6 Å². The first-order valence-corrected chi connectivity index (χ1v) is 8.64. The molecule has 1 saturated heterocycles. The van der Waals surface area contributed by atoms with E-state index in [4.69, 9.17) is 5.73 Å². The normalized spacial score (nSPS) is 23.5. The van der Waals surface area contributed by atoms with E-state index in [1.807, 2.05) is 13.1 Å². The van der Waals surface area contributed by atoms with Gasteiger partial charge in [0.1, 0.15) is 5.82 Å². The zero-order chi connectivity index (χ0) is 17.1. The fourth-order valence-corrected chi connectivity index (χ4v) is 3.52. The molecular formula is C19H25N5. The molecule has 0 aromatic carbocycles. The first-order valence-electron chi connectivity index (χ1n) is 8.64. The van der Waals surface area contributed by atoms with Crippen molar-refractivity contribution < 1.29 is 0 Å². The summed E-state index contributed by atoms with van der Waals surface area (Å²) in [5.41, 5.74) is 8.59. The highest BCUT2D eigenvalue weighted by Gasteiger charge is 2.25. The number of rotatable bonds is 1. The third kappa shape index (κ3) is 3.76. The Morgan fingerprint density at radius 2 is 1.92 bits per heavy atom. The van der Waals surface area contributed by atoms with Gasteiger partial charge in [-0.3, -0.25) is 4.99 Å². The van der Waals surface area contributed by atoms with Gasteiger partial charge in [0.2, 0.25) is 5.95 Å². The molecule has 24 heavy (non-hydrogen) atoms. The van der Waals surface area contributed by atoms with Crippen LogP contribution in [0.3, 0.4) is 0 Å². The third-order valence-electron chi connectivity index (χ3n) is 4.44. The summed E-state index contributed by atoms with van der Waals surface area (Å²) in [5.74, 6) is 8.96. The van der Waals surface area contributed by atoms with Crippen molar-refractivity contribution in [2.24, 2.45) is 16.8 Å². The van der Waals surface area contributed by atoms with E-state index in [-0.39, 0.29) is 0 Å². The van der Waals surface area contributed by atoms with Gasteiger partial charge in [-0.25, -0.2) is 4.98 Å². The van der Waals surface area contributed by atoms with Crippen LogP contribution in [0.2, 0.25) is 0 Å². The molecule has 2 unspecified atom stereocenters. The number of hydrogen-bond donors (Lipinski definition) is 1. The number of dihydropyridines is 1. The number of nitrogens with two attached hydrogens (primary N) is 1. The van der Waals surface area contributed by atoms with Gasteiger partial charge >= 0.3 is 0 Å². The van der Waals surface area contributed by atoms with Crippen LogP contribution in [0.4, 0.5) is 11.8 Å². The number of aliphatic imine (C=N–C) groups is 1. The Kier molecular flexibility index (Phi) is 4.84. The van der Waals surface area contributed by atoms with Crippen molar-refractivity contribution in [3.8, 4) is 11.8 Å². The number of aromatic nitrogens is 2. The summed E-state index contributed by atoms with van der Waals surface area (Å²) in [7, 11) is 0. The van der Waals surface area contributed by atoms with Crippen molar-refractivity contribution in [1.29, 1.82) is 0 Å². The SMILES string of the molecule is Cc1nc(N)nc(N2CC(C)CC(C)C2)c1C#CC1=CCCN=C1. The second kappa shape index (κ2) is 7.04. The molecule has 1 aromatic rings. The van der Waals surface area contributed by atoms with Gasteiger partial charge in [-0.2, -0.15) is 4.98 Å². The molecule has 0 saturated carbocycles. The molecule has 0 spiro atoms. The van der Waals surface area contributed by atoms with Crippen molar-refractivity contribution in [3.63, 3.8) is 0 Å². The van der Waals surface area contributed by atoms with Crippen LogP contribution in [-0.2, 0) is 0 Å². The van der Waals surface area contributed by atoms with Crippen LogP contribution in [0.5, 0.6) is 0 Å². The van der Waals surface area contributed by atoms with E-state index < -0.39 is 0 Å². The highest BCUT2D eigenvalue weighted by Crippen LogP contribution is 2.28. The smallest absolute Gasteiger partial charge is 0.222 e. The van der Waals surface area contributed by atoms with Crippen LogP contribution in [0.1, 0.15) is 37.9 Å². The number of aryl methyl sites for hydroxylation is 1. The molecule has 0 radical (unpaired) electrons. The molecule has 5 heteroatoms. The standard InChI is InChI=1S/C19H25N5/c1-13-9-14(2)12-24(11-13)18-17(15(3)22-19(20)23-18)7-6-16-5-4-8-21-10-16/h5,10,13-14H,4,8-9,11-12H2,1-3H3,(H2,20,22,23). The summed E-state index contributed by atoms with van der Waals surface area (Å²) in [6.07, 6.45) is 6.17. The molecule has 3 heterocycles. The summed E-state index contributed by atoms with van der Waals surface area (Å²) < 4.78 is 0. The minimum absolute atomic E-state index is 0.317. The largest absolute Gasteiger partial charge is 0.368 e. The summed E-state index contributed by atoms with van der Waals surface area (Å²) in [5, 5.41) is 0. The number of hydrogen-bond acceptors (Lipinski definition) is 5. The van der Waals surface area contributed by atoms with Gasteiger partial charge in [-0.1, -0.05) is 31.8 Å². The van der Waals surface area contributed by atoms with Gasteiger partial charge in [0.25, 0.3) is 0 Å². The van der Waals surface area contributed by atoms with Crippen molar-refractivity contribution in [3.05, 3.63) is 22.9 Å². The zero-order valence-electron chi connectivity index (χ0n) is 14.7. The van der Waals surface area contributed by atoms with Crippen LogP contribution in [0, 0.1) is 30.6 Å². The molecule has 1 aromatic heterocycles. The van der Waals surface area contributed by atoms with E-state index in [2.05, 4.69) is 51.6 Å². The molecule has 0 amide bonds. The highest BCUT2D eigenvalue weighted by molar-refractivity contribution is 5.85. The lowest BCUT2D eigenvalue weighted by Gasteiger charge is -2.36. The number of nitrogens with zero attached hydrogens (tertiary/aromatic N) is 4. The quantitative estimate of drug-likeness (QED) is 0.807. The Morgan fingerprint density at radius 3 is 2.58 bits per heavy atom. The molecule has 2 atom stereocenters. The van der Waals surface area contributed by atoms with E-state index in [1.54, 1.807) is 0 Å². The Labute approximate surface area is 144 Å². The summed E-state index contributed by atoms with van der Waals surface area (Å²) in [6.45, 7) is 9.34. The molecule has 126 valence electrons. The minimum Gasteiger partial charge on any atom is -0.368 e. The molecule has 0 aliphatic carbocycles. The lowest BCUT2D eigenvalue weighted by Crippen LogP contribution is -2.39. The van der Waals surface area contributed by atoms with Crippen LogP contribution in [0.25, 0.3) is 0 Å². The maximum atomic E-state index is 5.91. The van der Waals surface area contributed by atoms with Gasteiger partial charge in [-0.05, 0) is 31.6 Å². The van der Waals surface area contributed by atoms with E-state index >= 15 is 0 Å². The minimum atomic E-state index is 0.317. The van der Waals surface area contributed by atoms with Gasteiger partial charge in [0.05, 0.1) is 11.3 Å². The van der Waals surface area contributed by atoms with E-state index in [0.717, 1.165) is 48.7 Å². The van der Waals surface area contributed by atoms with E-state index in [1.165, 1.54) is 6.42 Å². The monoisotopic (exact) mass is 323 g/mol. The van der Waals surface area contributed by atoms with Gasteiger partial charge in [0.15, 0.2) is 0 Å². The Bertz CT molecular complexity index is 728. The summed E-state index contributed by atoms with van der Waals surface area (Å²) in [6, 6.07) is 0. The molecular weight excluding hydrogens is 298 g/mol.